The third-order valence-corrected chi connectivity index (χ3v) is 2.04. The van der Waals surface area contributed by atoms with Gasteiger partial charge in [0.05, 0.1) is 10.0 Å². The summed E-state index contributed by atoms with van der Waals surface area (Å²) in [5.74, 6) is -1.21. The van der Waals surface area contributed by atoms with Gasteiger partial charge in [0.15, 0.2) is 5.75 Å². The van der Waals surface area contributed by atoms with Crippen LogP contribution in [0.15, 0.2) is 12.1 Å². The van der Waals surface area contributed by atoms with Crippen molar-refractivity contribution in [3.05, 3.63) is 22.2 Å². The number of phenols is 1. The van der Waals surface area contributed by atoms with Gasteiger partial charge in [-0.3, -0.25) is 0 Å². The van der Waals surface area contributed by atoms with Crippen molar-refractivity contribution >= 4 is 23.2 Å². The molecular formula is C8H4Cl2F4O2. The number of rotatable bonds is 3. The fourth-order valence-electron chi connectivity index (χ4n) is 0.825. The fraction of sp³-hybridized carbons (Fsp3) is 0.250. The number of ether oxygens (including phenoxy) is 1. The smallest absolute Gasteiger partial charge is 0.461 e. The van der Waals surface area contributed by atoms with Gasteiger partial charge in [0.25, 0.3) is 0 Å². The molecule has 0 fully saturated rings. The number of phenolic OH excluding ortho intramolecular Hbond substituents is 1. The molecule has 0 saturated heterocycles. The summed E-state index contributed by atoms with van der Waals surface area (Å²) >= 11 is 10.8. The zero-order valence-electron chi connectivity index (χ0n) is 7.36. The standard InChI is InChI=1S/C8H4Cl2F4O2/c9-4-1-3(15)2-5(10)6(4)16-8(13,14)7(11)12/h1-2,7,15H. The molecule has 0 saturated carbocycles. The molecule has 0 aliphatic heterocycles. The Bertz CT molecular complexity index is 375. The summed E-state index contributed by atoms with van der Waals surface area (Å²) in [6, 6.07) is 1.68. The van der Waals surface area contributed by atoms with Crippen molar-refractivity contribution in [1.29, 1.82) is 0 Å². The maximum absolute atomic E-state index is 12.5. The third kappa shape index (κ3) is 2.82. The highest BCUT2D eigenvalue weighted by atomic mass is 35.5. The van der Waals surface area contributed by atoms with Gasteiger partial charge >= 0.3 is 12.5 Å². The van der Waals surface area contributed by atoms with Crippen LogP contribution in [0.1, 0.15) is 0 Å². The van der Waals surface area contributed by atoms with E-state index in [2.05, 4.69) is 4.74 Å². The summed E-state index contributed by atoms with van der Waals surface area (Å²) in [7, 11) is 0. The van der Waals surface area contributed by atoms with Gasteiger partial charge in [-0.25, -0.2) is 0 Å². The lowest BCUT2D eigenvalue weighted by Crippen LogP contribution is -2.33. The van der Waals surface area contributed by atoms with Crippen molar-refractivity contribution in [1.82, 2.24) is 0 Å². The SMILES string of the molecule is Oc1cc(Cl)c(OC(F)(F)C(F)F)c(Cl)c1. The van der Waals surface area contributed by atoms with Gasteiger partial charge in [-0.15, -0.1) is 0 Å². The number of halogens is 6. The first-order valence-electron chi connectivity index (χ1n) is 3.77. The molecule has 2 nitrogen and oxygen atoms in total. The second-order valence-corrected chi connectivity index (χ2v) is 3.52. The quantitative estimate of drug-likeness (QED) is 0.849. The first kappa shape index (κ1) is 13.2. The minimum atomic E-state index is -4.70. The van der Waals surface area contributed by atoms with Gasteiger partial charge in [-0.05, 0) is 0 Å². The molecule has 16 heavy (non-hydrogen) atoms. The first-order chi connectivity index (χ1) is 7.24. The molecule has 0 bridgehead atoms. The second kappa shape index (κ2) is 4.55. The van der Waals surface area contributed by atoms with E-state index in [1.165, 1.54) is 0 Å². The molecule has 0 radical (unpaired) electrons. The Morgan fingerprint density at radius 3 is 2.00 bits per heavy atom. The van der Waals surface area contributed by atoms with Crippen LogP contribution in [0.5, 0.6) is 11.5 Å². The molecule has 0 unspecified atom stereocenters. The van der Waals surface area contributed by atoms with Gasteiger partial charge < -0.3 is 9.84 Å². The van der Waals surface area contributed by atoms with E-state index >= 15 is 0 Å². The molecule has 8 heteroatoms. The monoisotopic (exact) mass is 278 g/mol. The lowest BCUT2D eigenvalue weighted by atomic mass is 10.3. The van der Waals surface area contributed by atoms with E-state index in [-0.39, 0.29) is 0 Å². The van der Waals surface area contributed by atoms with Crippen LogP contribution in [0, 0.1) is 0 Å². The Labute approximate surface area is 97.3 Å². The van der Waals surface area contributed by atoms with E-state index in [1.54, 1.807) is 0 Å². The molecule has 1 rings (SSSR count). The van der Waals surface area contributed by atoms with Crippen LogP contribution < -0.4 is 4.74 Å². The summed E-state index contributed by atoms with van der Waals surface area (Å²) < 4.78 is 52.5. The molecule has 1 N–H and O–H groups in total. The molecule has 1 aromatic carbocycles. The lowest BCUT2D eigenvalue weighted by Gasteiger charge is -2.18. The Balaban J connectivity index is 3.07. The maximum atomic E-state index is 12.5. The Kier molecular flexibility index (Phi) is 3.75. The van der Waals surface area contributed by atoms with E-state index in [1.807, 2.05) is 0 Å². The predicted octanol–water partition coefficient (Wildman–Crippen LogP) is 3.94. The number of hydrogen-bond donors (Lipinski definition) is 1. The number of alkyl halides is 4. The average molecular weight is 279 g/mol. The van der Waals surface area contributed by atoms with Crippen molar-refractivity contribution in [2.24, 2.45) is 0 Å². The first-order valence-corrected chi connectivity index (χ1v) is 4.52. The Morgan fingerprint density at radius 2 is 1.62 bits per heavy atom. The molecule has 0 aliphatic rings. The van der Waals surface area contributed by atoms with Crippen molar-refractivity contribution < 1.29 is 27.4 Å². The molecule has 1 aromatic rings. The predicted molar refractivity (Wildman–Crippen MR) is 49.7 cm³/mol. The minimum absolute atomic E-state index is 0.400. The molecule has 0 aliphatic carbocycles. The van der Waals surface area contributed by atoms with Crippen molar-refractivity contribution in [2.45, 2.75) is 12.5 Å². The van der Waals surface area contributed by atoms with Gasteiger partial charge in [0.2, 0.25) is 0 Å². The van der Waals surface area contributed by atoms with Crippen LogP contribution in [-0.4, -0.2) is 17.6 Å². The summed E-state index contributed by atoms with van der Waals surface area (Å²) in [5.41, 5.74) is 0. The van der Waals surface area contributed by atoms with Crippen LogP contribution in [0.2, 0.25) is 10.0 Å². The molecule has 0 amide bonds. The van der Waals surface area contributed by atoms with Crippen LogP contribution in [-0.2, 0) is 0 Å². The Hall–Kier alpha value is -0.880. The highest BCUT2D eigenvalue weighted by Gasteiger charge is 2.44. The van der Waals surface area contributed by atoms with E-state index in [0.29, 0.717) is 0 Å². The summed E-state index contributed by atoms with van der Waals surface area (Å²) in [6.07, 6.45) is -8.72. The van der Waals surface area contributed by atoms with Crippen molar-refractivity contribution in [2.75, 3.05) is 0 Å². The minimum Gasteiger partial charge on any atom is -0.508 e. The largest absolute Gasteiger partial charge is 0.508 e. The third-order valence-electron chi connectivity index (χ3n) is 1.48. The van der Waals surface area contributed by atoms with Crippen LogP contribution in [0.4, 0.5) is 17.6 Å². The van der Waals surface area contributed by atoms with Crippen molar-refractivity contribution in [3.63, 3.8) is 0 Å². The molecule has 0 atom stereocenters. The molecular weight excluding hydrogens is 275 g/mol. The fourth-order valence-corrected chi connectivity index (χ4v) is 1.38. The Morgan fingerprint density at radius 1 is 1.19 bits per heavy atom. The van der Waals surface area contributed by atoms with Crippen LogP contribution in [0.3, 0.4) is 0 Å². The highest BCUT2D eigenvalue weighted by molar-refractivity contribution is 6.37. The van der Waals surface area contributed by atoms with Gasteiger partial charge in [-0.1, -0.05) is 23.2 Å². The van der Waals surface area contributed by atoms with E-state index in [0.717, 1.165) is 12.1 Å². The number of aromatic hydroxyl groups is 1. The van der Waals surface area contributed by atoms with E-state index in [4.69, 9.17) is 28.3 Å². The summed E-state index contributed by atoms with van der Waals surface area (Å²) in [4.78, 5) is 0. The lowest BCUT2D eigenvalue weighted by molar-refractivity contribution is -0.253. The average Bonchev–Trinajstić information content (AvgIpc) is 2.11. The molecule has 0 heterocycles. The zero-order valence-corrected chi connectivity index (χ0v) is 8.87. The van der Waals surface area contributed by atoms with Crippen LogP contribution >= 0.6 is 23.2 Å². The van der Waals surface area contributed by atoms with Crippen molar-refractivity contribution in [3.8, 4) is 11.5 Å². The molecule has 0 spiro atoms. The summed E-state index contributed by atoms with van der Waals surface area (Å²) in [6.45, 7) is 0. The zero-order chi connectivity index (χ0) is 12.5. The van der Waals surface area contributed by atoms with Gasteiger partial charge in [-0.2, -0.15) is 17.6 Å². The van der Waals surface area contributed by atoms with Gasteiger partial charge in [0.1, 0.15) is 5.75 Å². The molecule has 90 valence electrons. The second-order valence-electron chi connectivity index (χ2n) is 2.70. The summed E-state index contributed by atoms with van der Waals surface area (Å²) in [5, 5.41) is 7.98. The number of hydrogen-bond acceptors (Lipinski definition) is 2. The topological polar surface area (TPSA) is 29.5 Å². The highest BCUT2D eigenvalue weighted by Crippen LogP contribution is 2.40. The molecule has 0 aromatic heterocycles. The normalized spacial score (nSPS) is 11.9. The van der Waals surface area contributed by atoms with Gasteiger partial charge in [0, 0.05) is 12.1 Å². The maximum Gasteiger partial charge on any atom is 0.461 e. The van der Waals surface area contributed by atoms with E-state index in [9.17, 15) is 17.6 Å². The van der Waals surface area contributed by atoms with Crippen LogP contribution in [0.25, 0.3) is 0 Å². The number of benzene rings is 1. The van der Waals surface area contributed by atoms with E-state index < -0.39 is 34.1 Å².